The molecule has 1 aromatic carbocycles. The molecule has 90 valence electrons. The van der Waals surface area contributed by atoms with Crippen LogP contribution in [-0.2, 0) is 0 Å². The lowest BCUT2D eigenvalue weighted by Gasteiger charge is -2.23. The molecule has 1 aromatic rings. The van der Waals surface area contributed by atoms with Gasteiger partial charge in [0.25, 0.3) is 0 Å². The minimum absolute atomic E-state index is 0.0976. The molecule has 0 heterocycles. The topological polar surface area (TPSA) is 20.2 Å². The monoisotopic (exact) mass is 228 g/mol. The summed E-state index contributed by atoms with van der Waals surface area (Å²) in [7, 11) is 0. The van der Waals surface area contributed by atoms with Crippen LogP contribution in [0.2, 0.25) is 0 Å². The van der Waals surface area contributed by atoms with Crippen LogP contribution in [0.3, 0.4) is 0 Å². The largest absolute Gasteiger partial charge is 0.388 e. The zero-order chi connectivity index (χ0) is 12.7. The smallest absolute Gasteiger partial charge is 0.0858 e. The van der Waals surface area contributed by atoms with Crippen molar-refractivity contribution in [3.8, 4) is 0 Å². The maximum atomic E-state index is 10.4. The Kier molecular flexibility index (Phi) is 5.44. The Morgan fingerprint density at radius 2 is 1.94 bits per heavy atom. The Hall–Kier alpha value is -1.60. The van der Waals surface area contributed by atoms with E-state index in [1.54, 1.807) is 12.2 Å². The highest BCUT2D eigenvalue weighted by molar-refractivity contribution is 5.31. The van der Waals surface area contributed by atoms with E-state index in [4.69, 9.17) is 0 Å². The normalized spacial score (nSPS) is 15.1. The van der Waals surface area contributed by atoms with Crippen molar-refractivity contribution in [2.24, 2.45) is 0 Å². The maximum Gasteiger partial charge on any atom is 0.0858 e. The fourth-order valence-corrected chi connectivity index (χ4v) is 2.00. The number of rotatable bonds is 6. The van der Waals surface area contributed by atoms with E-state index >= 15 is 0 Å². The van der Waals surface area contributed by atoms with Crippen molar-refractivity contribution < 1.29 is 5.11 Å². The van der Waals surface area contributed by atoms with Crippen molar-refractivity contribution >= 4 is 0 Å². The van der Waals surface area contributed by atoms with E-state index in [0.29, 0.717) is 0 Å². The third kappa shape index (κ3) is 3.43. The first-order valence-electron chi connectivity index (χ1n) is 5.92. The lowest BCUT2D eigenvalue weighted by atomic mass is 9.87. The van der Waals surface area contributed by atoms with Crippen molar-refractivity contribution in [2.45, 2.75) is 25.4 Å². The van der Waals surface area contributed by atoms with E-state index < -0.39 is 6.10 Å². The molecule has 0 amide bonds. The van der Waals surface area contributed by atoms with E-state index in [1.807, 2.05) is 36.4 Å². The summed E-state index contributed by atoms with van der Waals surface area (Å²) < 4.78 is 0. The Balaban J connectivity index is 2.99. The Labute approximate surface area is 104 Å². The minimum Gasteiger partial charge on any atom is -0.388 e. The number of allylic oxidation sites excluding steroid dienone is 2. The lowest BCUT2D eigenvalue weighted by molar-refractivity contribution is 0.179. The molecule has 0 aliphatic carbocycles. The van der Waals surface area contributed by atoms with Crippen LogP contribution < -0.4 is 0 Å². The molecule has 2 atom stereocenters. The van der Waals surface area contributed by atoms with Gasteiger partial charge in [-0.25, -0.2) is 0 Å². The first-order valence-corrected chi connectivity index (χ1v) is 5.92. The van der Waals surface area contributed by atoms with Crippen LogP contribution in [0.1, 0.15) is 24.8 Å². The van der Waals surface area contributed by atoms with E-state index in [9.17, 15) is 5.11 Å². The number of aliphatic hydroxyl groups excluding tert-OH is 1. The molecule has 0 saturated heterocycles. The molecular weight excluding hydrogens is 208 g/mol. The third-order valence-electron chi connectivity index (χ3n) is 2.94. The van der Waals surface area contributed by atoms with Crippen LogP contribution in [0.25, 0.3) is 0 Å². The van der Waals surface area contributed by atoms with Gasteiger partial charge in [-0.3, -0.25) is 0 Å². The molecule has 0 aliphatic heterocycles. The molecule has 0 saturated carbocycles. The van der Waals surface area contributed by atoms with Crippen LogP contribution in [0, 0.1) is 0 Å². The second-order valence-corrected chi connectivity index (χ2v) is 3.98. The lowest BCUT2D eigenvalue weighted by Crippen LogP contribution is -2.19. The van der Waals surface area contributed by atoms with E-state index in [0.717, 1.165) is 17.6 Å². The van der Waals surface area contributed by atoms with E-state index in [2.05, 4.69) is 20.1 Å². The molecule has 1 heteroatoms. The minimum atomic E-state index is -0.530. The van der Waals surface area contributed by atoms with Gasteiger partial charge in [-0.2, -0.15) is 0 Å². The molecule has 0 spiro atoms. The predicted octanol–water partition coefficient (Wildman–Crippen LogP) is 3.84. The summed E-state index contributed by atoms with van der Waals surface area (Å²) in [5.74, 6) is 0.0976. The van der Waals surface area contributed by atoms with Crippen LogP contribution in [0.4, 0.5) is 0 Å². The third-order valence-corrected chi connectivity index (χ3v) is 2.94. The summed E-state index contributed by atoms with van der Waals surface area (Å²) in [4.78, 5) is 0. The van der Waals surface area contributed by atoms with Gasteiger partial charge >= 0.3 is 0 Å². The first-order chi connectivity index (χ1) is 8.24. The standard InChI is InChI=1S/C16H20O/c1-4-10-13(5-2)16(17)15(6-3)14-11-8-7-9-12-14/h4-5,7-12,15-17H,1-2,6H2,3H3/b13-10+. The molecule has 0 fully saturated rings. The molecule has 17 heavy (non-hydrogen) atoms. The van der Waals surface area contributed by atoms with Gasteiger partial charge in [0, 0.05) is 5.92 Å². The van der Waals surface area contributed by atoms with Gasteiger partial charge in [0.1, 0.15) is 0 Å². The molecule has 0 aliphatic rings. The summed E-state index contributed by atoms with van der Waals surface area (Å²) in [6.07, 6.45) is 5.53. The quantitative estimate of drug-likeness (QED) is 0.733. The molecule has 0 radical (unpaired) electrons. The Bertz CT molecular complexity index is 389. The highest BCUT2D eigenvalue weighted by Crippen LogP contribution is 2.27. The highest BCUT2D eigenvalue weighted by Gasteiger charge is 2.20. The summed E-state index contributed by atoms with van der Waals surface area (Å²) >= 11 is 0. The van der Waals surface area contributed by atoms with Crippen molar-refractivity contribution in [3.63, 3.8) is 0 Å². The van der Waals surface area contributed by atoms with Gasteiger partial charge in [0.15, 0.2) is 0 Å². The zero-order valence-corrected chi connectivity index (χ0v) is 10.3. The van der Waals surface area contributed by atoms with Crippen molar-refractivity contribution in [1.29, 1.82) is 0 Å². The molecule has 1 nitrogen and oxygen atoms in total. The van der Waals surface area contributed by atoms with Gasteiger partial charge in [-0.1, -0.05) is 68.6 Å². The number of benzene rings is 1. The molecule has 2 unspecified atom stereocenters. The molecular formula is C16H20O. The van der Waals surface area contributed by atoms with Gasteiger partial charge in [0.05, 0.1) is 6.10 Å². The zero-order valence-electron chi connectivity index (χ0n) is 10.3. The Morgan fingerprint density at radius 3 is 2.41 bits per heavy atom. The van der Waals surface area contributed by atoms with Crippen molar-refractivity contribution in [1.82, 2.24) is 0 Å². The number of hydrogen-bond acceptors (Lipinski definition) is 1. The molecule has 0 bridgehead atoms. The maximum absolute atomic E-state index is 10.4. The molecule has 0 aromatic heterocycles. The fraction of sp³-hybridized carbons (Fsp3) is 0.250. The Morgan fingerprint density at radius 1 is 1.29 bits per heavy atom. The van der Waals surface area contributed by atoms with Gasteiger partial charge < -0.3 is 5.11 Å². The predicted molar refractivity (Wildman–Crippen MR) is 74.0 cm³/mol. The second kappa shape index (κ2) is 6.87. The van der Waals surface area contributed by atoms with Crippen LogP contribution in [0.5, 0.6) is 0 Å². The molecule has 1 rings (SSSR count). The van der Waals surface area contributed by atoms with Crippen molar-refractivity contribution in [2.75, 3.05) is 0 Å². The second-order valence-electron chi connectivity index (χ2n) is 3.98. The van der Waals surface area contributed by atoms with Crippen LogP contribution in [-0.4, -0.2) is 11.2 Å². The SMILES string of the molecule is C=C/C=C(\C=C)C(O)C(CC)c1ccccc1. The molecule has 1 N–H and O–H groups in total. The van der Waals surface area contributed by atoms with Gasteiger partial charge in [-0.15, -0.1) is 0 Å². The summed E-state index contributed by atoms with van der Waals surface area (Å²) in [6, 6.07) is 10.1. The van der Waals surface area contributed by atoms with Crippen molar-refractivity contribution in [3.05, 3.63) is 72.9 Å². The fourth-order valence-electron chi connectivity index (χ4n) is 2.00. The summed E-state index contributed by atoms with van der Waals surface area (Å²) in [5, 5.41) is 10.4. The summed E-state index contributed by atoms with van der Waals surface area (Å²) in [6.45, 7) is 9.47. The highest BCUT2D eigenvalue weighted by atomic mass is 16.3. The van der Waals surface area contributed by atoms with Crippen LogP contribution >= 0.6 is 0 Å². The van der Waals surface area contributed by atoms with E-state index in [1.165, 1.54) is 0 Å². The summed E-state index contributed by atoms with van der Waals surface area (Å²) in [5.41, 5.74) is 1.97. The average molecular weight is 228 g/mol. The number of aliphatic hydroxyl groups is 1. The average Bonchev–Trinajstić information content (AvgIpc) is 2.38. The van der Waals surface area contributed by atoms with Gasteiger partial charge in [0.2, 0.25) is 0 Å². The number of hydrogen-bond donors (Lipinski definition) is 1. The van der Waals surface area contributed by atoms with Crippen LogP contribution in [0.15, 0.2) is 67.3 Å². The first kappa shape index (κ1) is 13.5. The van der Waals surface area contributed by atoms with E-state index in [-0.39, 0.29) is 5.92 Å². The van der Waals surface area contributed by atoms with Gasteiger partial charge in [-0.05, 0) is 17.6 Å².